The quantitative estimate of drug-likeness (QED) is 0.427. The number of nitrogens with zero attached hydrogens (tertiary/aromatic N) is 1. The number of halogens is 2. The van der Waals surface area contributed by atoms with Crippen molar-refractivity contribution in [3.8, 4) is 11.1 Å². The van der Waals surface area contributed by atoms with Crippen LogP contribution in [0.4, 0.5) is 20.3 Å². The molecule has 2 aromatic rings. The molecule has 1 aliphatic carbocycles. The fourth-order valence-corrected chi connectivity index (χ4v) is 5.09. The number of aromatic nitrogens is 1. The van der Waals surface area contributed by atoms with Crippen LogP contribution in [0.1, 0.15) is 45.4 Å². The molecule has 1 saturated heterocycles. The molecule has 1 saturated carbocycles. The molecule has 8 heteroatoms. The lowest BCUT2D eigenvalue weighted by atomic mass is 9.90. The Kier molecular flexibility index (Phi) is 9.29. The maximum atomic E-state index is 14.8. The summed E-state index contributed by atoms with van der Waals surface area (Å²) in [6.45, 7) is 5.19. The average molecular weight is 489 g/mol. The van der Waals surface area contributed by atoms with Crippen LogP contribution in [0, 0.1) is 17.6 Å². The lowest BCUT2D eigenvalue weighted by molar-refractivity contribution is 0.0699. The van der Waals surface area contributed by atoms with Gasteiger partial charge in [-0.2, -0.15) is 0 Å². The molecule has 4 rings (SSSR count). The third-order valence-corrected chi connectivity index (χ3v) is 7.06. The van der Waals surface area contributed by atoms with Crippen molar-refractivity contribution in [1.29, 1.82) is 0 Å². The third kappa shape index (κ3) is 7.35. The first kappa shape index (κ1) is 25.8. The van der Waals surface area contributed by atoms with E-state index in [4.69, 9.17) is 9.47 Å². The monoisotopic (exact) mass is 488 g/mol. The zero-order chi connectivity index (χ0) is 24.6. The van der Waals surface area contributed by atoms with Crippen molar-refractivity contribution in [1.82, 2.24) is 10.3 Å². The fourth-order valence-electron chi connectivity index (χ4n) is 5.09. The van der Waals surface area contributed by atoms with Crippen molar-refractivity contribution in [2.45, 2.75) is 63.6 Å². The summed E-state index contributed by atoms with van der Waals surface area (Å²) in [6.07, 6.45) is 7.29. The fraction of sp³-hybridized carbons (Fsp3) is 0.593. The van der Waals surface area contributed by atoms with Gasteiger partial charge in [-0.25, -0.2) is 13.8 Å². The van der Waals surface area contributed by atoms with Gasteiger partial charge >= 0.3 is 0 Å². The first-order valence-corrected chi connectivity index (χ1v) is 12.8. The SMILES string of the molecule is COC[C@@H](C)N[C@H]1CC[C@H](Nc2cc(-c3cc(NCC4CCOCC4)ccc3F)c(F)cn2)CC1. The van der Waals surface area contributed by atoms with Crippen molar-refractivity contribution in [3.63, 3.8) is 0 Å². The van der Waals surface area contributed by atoms with E-state index in [0.29, 0.717) is 30.4 Å². The number of rotatable bonds is 10. The third-order valence-electron chi connectivity index (χ3n) is 7.06. The van der Waals surface area contributed by atoms with Crippen LogP contribution >= 0.6 is 0 Å². The number of ether oxygens (including phenoxy) is 2. The number of benzene rings is 1. The number of hydrogen-bond donors (Lipinski definition) is 3. The van der Waals surface area contributed by atoms with Gasteiger partial charge in [0.05, 0.1) is 12.8 Å². The Morgan fingerprint density at radius 1 is 1.00 bits per heavy atom. The zero-order valence-corrected chi connectivity index (χ0v) is 20.8. The summed E-state index contributed by atoms with van der Waals surface area (Å²) in [7, 11) is 1.72. The molecule has 1 aromatic carbocycles. The predicted molar refractivity (Wildman–Crippen MR) is 136 cm³/mol. The topological polar surface area (TPSA) is 67.4 Å². The zero-order valence-electron chi connectivity index (χ0n) is 20.8. The Morgan fingerprint density at radius 2 is 1.71 bits per heavy atom. The van der Waals surface area contributed by atoms with Crippen LogP contribution in [0.15, 0.2) is 30.5 Å². The largest absolute Gasteiger partial charge is 0.385 e. The van der Waals surface area contributed by atoms with Crippen LogP contribution in [-0.2, 0) is 9.47 Å². The van der Waals surface area contributed by atoms with E-state index in [-0.39, 0.29) is 17.2 Å². The van der Waals surface area contributed by atoms with Crippen LogP contribution < -0.4 is 16.0 Å². The van der Waals surface area contributed by atoms with Gasteiger partial charge in [-0.15, -0.1) is 0 Å². The van der Waals surface area contributed by atoms with Crippen molar-refractivity contribution >= 4 is 11.5 Å². The molecular weight excluding hydrogens is 450 g/mol. The Hall–Kier alpha value is -2.29. The molecule has 6 nitrogen and oxygen atoms in total. The normalized spacial score (nSPS) is 22.1. The summed E-state index contributed by atoms with van der Waals surface area (Å²) >= 11 is 0. The first-order chi connectivity index (χ1) is 17.0. The van der Waals surface area contributed by atoms with E-state index in [2.05, 4.69) is 27.9 Å². The minimum Gasteiger partial charge on any atom is -0.385 e. The molecule has 0 amide bonds. The van der Waals surface area contributed by atoms with Gasteiger partial charge in [-0.05, 0) is 75.6 Å². The minimum absolute atomic E-state index is 0.221. The van der Waals surface area contributed by atoms with Crippen molar-refractivity contribution in [2.24, 2.45) is 5.92 Å². The van der Waals surface area contributed by atoms with Crippen LogP contribution in [-0.4, -0.2) is 56.6 Å². The molecular formula is C27H38F2N4O2. The number of methoxy groups -OCH3 is 1. The van der Waals surface area contributed by atoms with Crippen molar-refractivity contribution < 1.29 is 18.3 Å². The molecule has 0 spiro atoms. The van der Waals surface area contributed by atoms with Gasteiger partial charge < -0.3 is 25.4 Å². The smallest absolute Gasteiger partial charge is 0.149 e. The second kappa shape index (κ2) is 12.6. The highest BCUT2D eigenvalue weighted by molar-refractivity contribution is 5.71. The molecule has 0 bridgehead atoms. The van der Waals surface area contributed by atoms with Crippen LogP contribution in [0.2, 0.25) is 0 Å². The van der Waals surface area contributed by atoms with E-state index in [9.17, 15) is 8.78 Å². The lowest BCUT2D eigenvalue weighted by Crippen LogP contribution is -2.42. The molecule has 1 aliphatic heterocycles. The minimum atomic E-state index is -0.531. The van der Waals surface area contributed by atoms with Crippen LogP contribution in [0.25, 0.3) is 11.1 Å². The molecule has 1 aromatic heterocycles. The lowest BCUT2D eigenvalue weighted by Gasteiger charge is -2.31. The molecule has 3 N–H and O–H groups in total. The van der Waals surface area contributed by atoms with Gasteiger partial charge in [0, 0.05) is 61.8 Å². The maximum absolute atomic E-state index is 14.8. The molecule has 0 unspecified atom stereocenters. The van der Waals surface area contributed by atoms with Gasteiger partial charge in [-0.1, -0.05) is 0 Å². The second-order valence-corrected chi connectivity index (χ2v) is 9.90. The highest BCUT2D eigenvalue weighted by Gasteiger charge is 2.23. The highest BCUT2D eigenvalue weighted by atomic mass is 19.1. The van der Waals surface area contributed by atoms with E-state index in [1.54, 1.807) is 25.3 Å². The summed E-state index contributed by atoms with van der Waals surface area (Å²) in [5.74, 6) is 0.121. The molecule has 0 radical (unpaired) electrons. The van der Waals surface area contributed by atoms with E-state index < -0.39 is 11.6 Å². The van der Waals surface area contributed by atoms with Crippen LogP contribution in [0.5, 0.6) is 0 Å². The Morgan fingerprint density at radius 3 is 2.46 bits per heavy atom. The summed E-state index contributed by atoms with van der Waals surface area (Å²) in [6, 6.07) is 7.47. The molecule has 2 aliphatic rings. The number of nitrogens with one attached hydrogen (secondary N) is 3. The summed E-state index contributed by atoms with van der Waals surface area (Å²) < 4.78 is 40.1. The van der Waals surface area contributed by atoms with E-state index in [1.165, 1.54) is 12.3 Å². The standard InChI is InChI=1S/C27H38F2N4O2/c1-18(17-34-2)32-20-3-5-21(6-4-20)33-27-14-24(26(29)16-31-27)23-13-22(7-8-25(23)28)30-15-19-9-11-35-12-10-19/h7-8,13-14,16,18-21,30,32H,3-6,9-12,15,17H2,1-2H3,(H,31,33)/t18-,20-,21-/m1/s1. The van der Waals surface area contributed by atoms with Gasteiger partial charge in [0.25, 0.3) is 0 Å². The Bertz CT molecular complexity index is 947. The molecule has 35 heavy (non-hydrogen) atoms. The second-order valence-electron chi connectivity index (χ2n) is 9.90. The van der Waals surface area contributed by atoms with Gasteiger partial charge in [0.1, 0.15) is 17.5 Å². The van der Waals surface area contributed by atoms with E-state index >= 15 is 0 Å². The molecule has 2 heterocycles. The summed E-state index contributed by atoms with van der Waals surface area (Å²) in [5, 5.41) is 10.4. The Balaban J connectivity index is 1.38. The van der Waals surface area contributed by atoms with Gasteiger partial charge in [-0.3, -0.25) is 0 Å². The average Bonchev–Trinajstić information content (AvgIpc) is 2.87. The van der Waals surface area contributed by atoms with Crippen molar-refractivity contribution in [3.05, 3.63) is 42.1 Å². The van der Waals surface area contributed by atoms with Gasteiger partial charge in [0.15, 0.2) is 0 Å². The van der Waals surface area contributed by atoms with E-state index in [0.717, 1.165) is 64.0 Å². The molecule has 2 fully saturated rings. The number of hydrogen-bond acceptors (Lipinski definition) is 6. The highest BCUT2D eigenvalue weighted by Crippen LogP contribution is 2.31. The molecule has 1 atom stereocenters. The first-order valence-electron chi connectivity index (χ1n) is 12.8. The van der Waals surface area contributed by atoms with Gasteiger partial charge in [0.2, 0.25) is 0 Å². The predicted octanol–water partition coefficient (Wildman–Crippen LogP) is 5.21. The molecule has 192 valence electrons. The number of anilines is 2. The Labute approximate surface area is 207 Å². The van der Waals surface area contributed by atoms with E-state index in [1.807, 2.05) is 0 Å². The van der Waals surface area contributed by atoms with Crippen LogP contribution in [0.3, 0.4) is 0 Å². The number of pyridine rings is 1. The van der Waals surface area contributed by atoms with Crippen molar-refractivity contribution in [2.75, 3.05) is 44.1 Å². The summed E-state index contributed by atoms with van der Waals surface area (Å²) in [4.78, 5) is 4.23. The summed E-state index contributed by atoms with van der Waals surface area (Å²) in [5.41, 5.74) is 1.25. The maximum Gasteiger partial charge on any atom is 0.149 e.